The molecule has 90 valence electrons. The number of nitrogens with zero attached hydrogens (tertiary/aromatic N) is 4. The topological polar surface area (TPSA) is 58.3 Å². The molecule has 5 heteroatoms. The van der Waals surface area contributed by atoms with Gasteiger partial charge in [-0.3, -0.25) is 0 Å². The summed E-state index contributed by atoms with van der Waals surface area (Å²) in [6.45, 7) is 3.53. The number of anilines is 2. The molecule has 1 rings (SSSR count). The van der Waals surface area contributed by atoms with E-state index in [0.29, 0.717) is 6.54 Å². The van der Waals surface area contributed by atoms with Crippen molar-refractivity contribution >= 4 is 11.6 Å². The van der Waals surface area contributed by atoms with E-state index >= 15 is 0 Å². The predicted octanol–water partition coefficient (Wildman–Crippen LogP) is 0.636. The third-order valence-electron chi connectivity index (χ3n) is 2.36. The molecule has 0 amide bonds. The number of nitrogens with two attached hydrogens (primary N) is 1. The highest BCUT2D eigenvalue weighted by molar-refractivity contribution is 5.49. The van der Waals surface area contributed by atoms with E-state index in [0.717, 1.165) is 30.4 Å². The van der Waals surface area contributed by atoms with Crippen molar-refractivity contribution in [2.75, 3.05) is 44.0 Å². The van der Waals surface area contributed by atoms with Crippen LogP contribution >= 0.6 is 0 Å². The van der Waals surface area contributed by atoms with Crippen LogP contribution in [-0.4, -0.2) is 44.2 Å². The van der Waals surface area contributed by atoms with Gasteiger partial charge in [0.1, 0.15) is 17.5 Å². The molecule has 0 radical (unpaired) electrons. The summed E-state index contributed by atoms with van der Waals surface area (Å²) in [5.41, 5.74) is 5.50. The summed E-state index contributed by atoms with van der Waals surface area (Å²) in [6, 6.07) is 1.99. The zero-order valence-corrected chi connectivity index (χ0v) is 10.6. The van der Waals surface area contributed by atoms with Crippen LogP contribution in [0.1, 0.15) is 12.2 Å². The number of aromatic nitrogens is 2. The van der Waals surface area contributed by atoms with Crippen LogP contribution in [0.15, 0.2) is 6.07 Å². The molecule has 16 heavy (non-hydrogen) atoms. The van der Waals surface area contributed by atoms with Gasteiger partial charge in [-0.15, -0.1) is 0 Å². The Hall–Kier alpha value is -1.36. The van der Waals surface area contributed by atoms with Gasteiger partial charge < -0.3 is 15.5 Å². The standard InChI is InChI=1S/C11H21N5/c1-9-13-10(15(2)3)8-11(14-9)16(4)7-5-6-12/h8H,5-7,12H2,1-4H3. The molecular weight excluding hydrogens is 202 g/mol. The van der Waals surface area contributed by atoms with Gasteiger partial charge in [-0.2, -0.15) is 0 Å². The number of hydrogen-bond donors (Lipinski definition) is 1. The molecule has 0 saturated heterocycles. The second-order valence-electron chi connectivity index (χ2n) is 4.09. The molecule has 1 aromatic rings. The number of rotatable bonds is 5. The molecule has 1 aromatic heterocycles. The Balaban J connectivity index is 2.86. The second-order valence-corrected chi connectivity index (χ2v) is 4.09. The monoisotopic (exact) mass is 223 g/mol. The van der Waals surface area contributed by atoms with Crippen LogP contribution < -0.4 is 15.5 Å². The lowest BCUT2D eigenvalue weighted by molar-refractivity contribution is 0.781. The van der Waals surface area contributed by atoms with Crippen LogP contribution in [0.2, 0.25) is 0 Å². The summed E-state index contributed by atoms with van der Waals surface area (Å²) in [7, 11) is 5.98. The minimum Gasteiger partial charge on any atom is -0.363 e. The first-order chi connectivity index (χ1) is 7.54. The Morgan fingerprint density at radius 2 is 1.81 bits per heavy atom. The van der Waals surface area contributed by atoms with Gasteiger partial charge in [-0.25, -0.2) is 9.97 Å². The maximum absolute atomic E-state index is 5.50. The van der Waals surface area contributed by atoms with Crippen molar-refractivity contribution in [1.82, 2.24) is 9.97 Å². The fraction of sp³-hybridized carbons (Fsp3) is 0.636. The SMILES string of the molecule is Cc1nc(N(C)C)cc(N(C)CCCN)n1. The predicted molar refractivity (Wildman–Crippen MR) is 68.0 cm³/mol. The van der Waals surface area contributed by atoms with E-state index < -0.39 is 0 Å². The lowest BCUT2D eigenvalue weighted by Gasteiger charge is -2.20. The van der Waals surface area contributed by atoms with Crippen LogP contribution in [0, 0.1) is 6.92 Å². The van der Waals surface area contributed by atoms with E-state index in [1.165, 1.54) is 0 Å². The van der Waals surface area contributed by atoms with Crippen molar-refractivity contribution in [3.63, 3.8) is 0 Å². The molecular formula is C11H21N5. The zero-order valence-electron chi connectivity index (χ0n) is 10.6. The molecule has 0 spiro atoms. The third-order valence-corrected chi connectivity index (χ3v) is 2.36. The van der Waals surface area contributed by atoms with Gasteiger partial charge >= 0.3 is 0 Å². The van der Waals surface area contributed by atoms with E-state index in [-0.39, 0.29) is 0 Å². The van der Waals surface area contributed by atoms with Gasteiger partial charge in [-0.1, -0.05) is 0 Å². The van der Waals surface area contributed by atoms with Crippen LogP contribution in [0.4, 0.5) is 11.6 Å². The first kappa shape index (κ1) is 12.7. The van der Waals surface area contributed by atoms with Gasteiger partial charge in [0, 0.05) is 33.8 Å². The average Bonchev–Trinajstić information content (AvgIpc) is 2.24. The van der Waals surface area contributed by atoms with E-state index in [2.05, 4.69) is 14.9 Å². The van der Waals surface area contributed by atoms with Gasteiger partial charge in [0.2, 0.25) is 0 Å². The molecule has 0 atom stereocenters. The smallest absolute Gasteiger partial charge is 0.134 e. The van der Waals surface area contributed by atoms with Crippen LogP contribution in [0.5, 0.6) is 0 Å². The Kier molecular flexibility index (Phi) is 4.49. The molecule has 0 fully saturated rings. The molecule has 0 aliphatic carbocycles. The zero-order chi connectivity index (χ0) is 12.1. The summed E-state index contributed by atoms with van der Waals surface area (Å²) >= 11 is 0. The Morgan fingerprint density at radius 3 is 2.38 bits per heavy atom. The second kappa shape index (κ2) is 5.65. The molecule has 0 aromatic carbocycles. The van der Waals surface area contributed by atoms with Crippen LogP contribution in [-0.2, 0) is 0 Å². The molecule has 5 nitrogen and oxygen atoms in total. The summed E-state index contributed by atoms with van der Waals surface area (Å²) < 4.78 is 0. The summed E-state index contributed by atoms with van der Waals surface area (Å²) in [5, 5.41) is 0. The van der Waals surface area contributed by atoms with E-state index in [1.807, 2.05) is 39.0 Å². The molecule has 0 aliphatic rings. The van der Waals surface area contributed by atoms with Gasteiger partial charge in [0.05, 0.1) is 0 Å². The van der Waals surface area contributed by atoms with Gasteiger partial charge in [0.15, 0.2) is 0 Å². The maximum atomic E-state index is 5.50. The lowest BCUT2D eigenvalue weighted by Crippen LogP contribution is -2.23. The summed E-state index contributed by atoms with van der Waals surface area (Å²) in [4.78, 5) is 12.9. The third kappa shape index (κ3) is 3.34. The van der Waals surface area contributed by atoms with Crippen LogP contribution in [0.3, 0.4) is 0 Å². The van der Waals surface area contributed by atoms with Crippen molar-refractivity contribution in [3.8, 4) is 0 Å². The average molecular weight is 223 g/mol. The van der Waals surface area contributed by atoms with Crippen molar-refractivity contribution in [2.45, 2.75) is 13.3 Å². The van der Waals surface area contributed by atoms with E-state index in [1.54, 1.807) is 0 Å². The van der Waals surface area contributed by atoms with Crippen LogP contribution in [0.25, 0.3) is 0 Å². The van der Waals surface area contributed by atoms with Crippen molar-refractivity contribution in [1.29, 1.82) is 0 Å². The van der Waals surface area contributed by atoms with Crippen molar-refractivity contribution in [3.05, 3.63) is 11.9 Å². The highest BCUT2D eigenvalue weighted by atomic mass is 15.2. The molecule has 1 heterocycles. The Morgan fingerprint density at radius 1 is 1.19 bits per heavy atom. The summed E-state index contributed by atoms with van der Waals surface area (Å²) in [6.07, 6.45) is 0.969. The van der Waals surface area contributed by atoms with Gasteiger partial charge in [0.25, 0.3) is 0 Å². The molecule has 0 bridgehead atoms. The quantitative estimate of drug-likeness (QED) is 0.793. The van der Waals surface area contributed by atoms with Crippen molar-refractivity contribution in [2.24, 2.45) is 5.73 Å². The van der Waals surface area contributed by atoms with Gasteiger partial charge in [-0.05, 0) is 19.9 Å². The summed E-state index contributed by atoms with van der Waals surface area (Å²) in [5.74, 6) is 2.67. The Bertz CT molecular complexity index is 337. The number of hydrogen-bond acceptors (Lipinski definition) is 5. The number of aryl methyl sites for hydroxylation is 1. The highest BCUT2D eigenvalue weighted by Crippen LogP contribution is 2.16. The van der Waals surface area contributed by atoms with E-state index in [9.17, 15) is 0 Å². The first-order valence-corrected chi connectivity index (χ1v) is 5.49. The largest absolute Gasteiger partial charge is 0.363 e. The fourth-order valence-electron chi connectivity index (χ4n) is 1.40. The fourth-order valence-corrected chi connectivity index (χ4v) is 1.40. The minimum atomic E-state index is 0.703. The highest BCUT2D eigenvalue weighted by Gasteiger charge is 2.07. The van der Waals surface area contributed by atoms with E-state index in [4.69, 9.17) is 5.73 Å². The normalized spacial score (nSPS) is 10.3. The molecule has 2 N–H and O–H groups in total. The molecule has 0 aliphatic heterocycles. The minimum absolute atomic E-state index is 0.703. The Labute approximate surface area is 97.3 Å². The van der Waals surface area contributed by atoms with Crippen molar-refractivity contribution < 1.29 is 0 Å². The lowest BCUT2D eigenvalue weighted by atomic mass is 10.3. The maximum Gasteiger partial charge on any atom is 0.134 e. The molecule has 0 unspecified atom stereocenters. The first-order valence-electron chi connectivity index (χ1n) is 5.49. The molecule has 0 saturated carbocycles.